The lowest BCUT2D eigenvalue weighted by molar-refractivity contribution is -0.00977. The standard InChI is InChI=1S/C23H21ClF2N2O3S/c24-18-2-1-3-21(14-18)27-32(29,30)28-12-13-31-22(15-28)23(16-4-8-19(25)9-5-16)17-6-10-20(26)11-7-17/h1-11,14,22-23,27H,12-13,15H2. The maximum Gasteiger partial charge on any atom is 0.301 e. The first-order valence-corrected chi connectivity index (χ1v) is 11.8. The molecule has 1 atom stereocenters. The molecule has 1 aliphatic heterocycles. The molecule has 0 spiro atoms. The predicted molar refractivity (Wildman–Crippen MR) is 120 cm³/mol. The van der Waals surface area contributed by atoms with Gasteiger partial charge in [-0.3, -0.25) is 4.72 Å². The van der Waals surface area contributed by atoms with Crippen LogP contribution in [0, 0.1) is 11.6 Å². The van der Waals surface area contributed by atoms with Crippen LogP contribution in [0.15, 0.2) is 72.8 Å². The molecule has 0 aliphatic carbocycles. The fourth-order valence-electron chi connectivity index (χ4n) is 3.80. The van der Waals surface area contributed by atoms with Gasteiger partial charge < -0.3 is 4.74 Å². The number of hydrogen-bond donors (Lipinski definition) is 1. The molecular weight excluding hydrogens is 458 g/mol. The molecule has 1 unspecified atom stereocenters. The van der Waals surface area contributed by atoms with Gasteiger partial charge in [0.15, 0.2) is 0 Å². The van der Waals surface area contributed by atoms with Gasteiger partial charge in [-0.15, -0.1) is 0 Å². The Labute approximate surface area is 190 Å². The third kappa shape index (κ3) is 5.27. The topological polar surface area (TPSA) is 58.6 Å². The molecule has 1 heterocycles. The third-order valence-electron chi connectivity index (χ3n) is 5.30. The molecule has 3 aromatic rings. The second kappa shape index (κ2) is 9.54. The van der Waals surface area contributed by atoms with Crippen LogP contribution in [0.4, 0.5) is 14.5 Å². The maximum atomic E-state index is 13.5. The second-order valence-corrected chi connectivity index (χ2v) is 9.57. The molecule has 0 radical (unpaired) electrons. The highest BCUT2D eigenvalue weighted by Gasteiger charge is 2.35. The molecule has 0 amide bonds. The van der Waals surface area contributed by atoms with Crippen molar-refractivity contribution in [3.8, 4) is 0 Å². The summed E-state index contributed by atoms with van der Waals surface area (Å²) >= 11 is 5.96. The normalized spacial score (nSPS) is 17.4. The smallest absolute Gasteiger partial charge is 0.301 e. The Morgan fingerprint density at radius 2 is 1.56 bits per heavy atom. The summed E-state index contributed by atoms with van der Waals surface area (Å²) in [7, 11) is -3.87. The first-order valence-electron chi connectivity index (χ1n) is 9.98. The Balaban J connectivity index is 1.62. The molecule has 32 heavy (non-hydrogen) atoms. The number of hydrogen-bond acceptors (Lipinski definition) is 3. The number of anilines is 1. The van der Waals surface area contributed by atoms with Crippen LogP contribution in [0.1, 0.15) is 17.0 Å². The molecule has 1 aliphatic rings. The highest BCUT2D eigenvalue weighted by Crippen LogP contribution is 2.33. The molecule has 168 valence electrons. The van der Waals surface area contributed by atoms with Crippen LogP contribution < -0.4 is 4.72 Å². The van der Waals surface area contributed by atoms with Gasteiger partial charge in [0.05, 0.1) is 18.4 Å². The first-order chi connectivity index (χ1) is 15.3. The van der Waals surface area contributed by atoms with Crippen LogP contribution in [0.3, 0.4) is 0 Å². The van der Waals surface area contributed by atoms with Gasteiger partial charge in [-0.25, -0.2) is 8.78 Å². The number of halogens is 3. The van der Waals surface area contributed by atoms with Crippen molar-refractivity contribution < 1.29 is 21.9 Å². The van der Waals surface area contributed by atoms with Crippen molar-refractivity contribution in [2.45, 2.75) is 12.0 Å². The molecule has 1 saturated heterocycles. The van der Waals surface area contributed by atoms with Gasteiger partial charge in [0.25, 0.3) is 0 Å². The molecule has 0 bridgehead atoms. The minimum Gasteiger partial charge on any atom is -0.374 e. The van der Waals surface area contributed by atoms with E-state index in [0.29, 0.717) is 10.7 Å². The summed E-state index contributed by atoms with van der Waals surface area (Å²) in [5.41, 5.74) is 1.84. The van der Waals surface area contributed by atoms with Crippen molar-refractivity contribution >= 4 is 27.5 Å². The van der Waals surface area contributed by atoms with Gasteiger partial charge >= 0.3 is 10.2 Å². The Morgan fingerprint density at radius 1 is 0.969 bits per heavy atom. The predicted octanol–water partition coefficient (Wildman–Crippen LogP) is 4.81. The third-order valence-corrected chi connectivity index (χ3v) is 7.04. The number of nitrogens with zero attached hydrogens (tertiary/aromatic N) is 1. The lowest BCUT2D eigenvalue weighted by atomic mass is 9.86. The molecule has 0 saturated carbocycles. The molecule has 4 rings (SSSR count). The van der Waals surface area contributed by atoms with Crippen molar-refractivity contribution in [1.29, 1.82) is 0 Å². The van der Waals surface area contributed by atoms with Crippen molar-refractivity contribution in [3.63, 3.8) is 0 Å². The van der Waals surface area contributed by atoms with Gasteiger partial charge in [-0.1, -0.05) is 41.9 Å². The van der Waals surface area contributed by atoms with E-state index in [4.69, 9.17) is 16.3 Å². The zero-order chi connectivity index (χ0) is 22.7. The van der Waals surface area contributed by atoms with Crippen LogP contribution >= 0.6 is 11.6 Å². The average molecular weight is 479 g/mol. The van der Waals surface area contributed by atoms with Gasteiger partial charge in [0, 0.05) is 24.0 Å². The van der Waals surface area contributed by atoms with Crippen LogP contribution in [0.25, 0.3) is 0 Å². The van der Waals surface area contributed by atoms with Crippen molar-refractivity contribution in [1.82, 2.24) is 4.31 Å². The Bertz CT molecular complexity index is 1130. The summed E-state index contributed by atoms with van der Waals surface area (Å²) in [6.45, 7) is 0.418. The van der Waals surface area contributed by atoms with Crippen LogP contribution in [0.2, 0.25) is 5.02 Å². The van der Waals surface area contributed by atoms with E-state index in [1.807, 2.05) is 0 Å². The maximum absolute atomic E-state index is 13.5. The monoisotopic (exact) mass is 478 g/mol. The van der Waals surface area contributed by atoms with Crippen molar-refractivity contribution in [2.24, 2.45) is 0 Å². The van der Waals surface area contributed by atoms with E-state index in [1.165, 1.54) is 34.6 Å². The van der Waals surface area contributed by atoms with E-state index in [-0.39, 0.29) is 31.3 Å². The molecule has 5 nitrogen and oxygen atoms in total. The number of benzene rings is 3. The Morgan fingerprint density at radius 3 is 2.12 bits per heavy atom. The molecule has 9 heteroatoms. The largest absolute Gasteiger partial charge is 0.374 e. The molecule has 0 aromatic heterocycles. The van der Waals surface area contributed by atoms with Crippen LogP contribution in [-0.4, -0.2) is 38.5 Å². The zero-order valence-electron chi connectivity index (χ0n) is 16.9. The summed E-state index contributed by atoms with van der Waals surface area (Å²) in [5, 5.41) is 0.415. The fraction of sp³-hybridized carbons (Fsp3) is 0.217. The summed E-state index contributed by atoms with van der Waals surface area (Å²) in [5.74, 6) is -1.18. The highest BCUT2D eigenvalue weighted by molar-refractivity contribution is 7.90. The second-order valence-electron chi connectivity index (χ2n) is 7.47. The van der Waals surface area contributed by atoms with Crippen molar-refractivity contribution in [2.75, 3.05) is 24.4 Å². The minimum absolute atomic E-state index is 0.0648. The van der Waals surface area contributed by atoms with E-state index in [0.717, 1.165) is 11.1 Å². The first kappa shape index (κ1) is 22.7. The SMILES string of the molecule is O=S(=O)(Nc1cccc(Cl)c1)N1CCOC(C(c2ccc(F)cc2)c2ccc(F)cc2)C1. The van der Waals surface area contributed by atoms with Crippen LogP contribution in [0.5, 0.6) is 0 Å². The summed E-state index contributed by atoms with van der Waals surface area (Å²) in [4.78, 5) is 0. The van der Waals surface area contributed by atoms with E-state index in [1.54, 1.807) is 42.5 Å². The molecule has 1 fully saturated rings. The lowest BCUT2D eigenvalue weighted by Gasteiger charge is -2.36. The lowest BCUT2D eigenvalue weighted by Crippen LogP contribution is -2.49. The molecule has 3 aromatic carbocycles. The van der Waals surface area contributed by atoms with Gasteiger partial charge in [-0.2, -0.15) is 12.7 Å². The number of ether oxygens (including phenoxy) is 1. The summed E-state index contributed by atoms with van der Waals surface area (Å²) in [6, 6.07) is 18.3. The zero-order valence-corrected chi connectivity index (χ0v) is 18.5. The molecule has 1 N–H and O–H groups in total. The van der Waals surface area contributed by atoms with E-state index in [2.05, 4.69) is 4.72 Å². The Kier molecular flexibility index (Phi) is 6.76. The van der Waals surface area contributed by atoms with E-state index < -0.39 is 22.2 Å². The highest BCUT2D eigenvalue weighted by atomic mass is 35.5. The van der Waals surface area contributed by atoms with E-state index in [9.17, 15) is 17.2 Å². The Hall–Kier alpha value is -2.52. The van der Waals surface area contributed by atoms with E-state index >= 15 is 0 Å². The fourth-order valence-corrected chi connectivity index (χ4v) is 5.20. The number of rotatable bonds is 6. The van der Waals surface area contributed by atoms with Crippen molar-refractivity contribution in [3.05, 3.63) is 101 Å². The molecular formula is C23H21ClF2N2O3S. The van der Waals surface area contributed by atoms with Gasteiger partial charge in [0.2, 0.25) is 0 Å². The average Bonchev–Trinajstić information content (AvgIpc) is 2.77. The number of nitrogens with one attached hydrogen (secondary N) is 1. The summed E-state index contributed by atoms with van der Waals surface area (Å²) < 4.78 is 62.9. The van der Waals surface area contributed by atoms with Crippen LogP contribution in [-0.2, 0) is 14.9 Å². The summed E-state index contributed by atoms with van der Waals surface area (Å²) in [6.07, 6.45) is -0.560. The number of morpholine rings is 1. The quantitative estimate of drug-likeness (QED) is 0.553. The van der Waals surface area contributed by atoms with Gasteiger partial charge in [0.1, 0.15) is 11.6 Å². The van der Waals surface area contributed by atoms with Gasteiger partial charge in [-0.05, 0) is 53.6 Å². The minimum atomic E-state index is -3.87.